The monoisotopic (exact) mass is 364 g/mol. The van der Waals surface area contributed by atoms with Crippen molar-refractivity contribution in [3.63, 3.8) is 0 Å². The maximum Gasteiger partial charge on any atom is 0.255 e. The third-order valence-electron chi connectivity index (χ3n) is 6.69. The van der Waals surface area contributed by atoms with Crippen molar-refractivity contribution in [1.82, 2.24) is 15.1 Å². The number of carbonyl (C=O) groups excluding carboxylic acids is 1. The number of nitrogens with zero attached hydrogens (tertiary/aromatic N) is 2. The Morgan fingerprint density at radius 1 is 1.07 bits per heavy atom. The van der Waals surface area contributed by atoms with E-state index >= 15 is 0 Å². The van der Waals surface area contributed by atoms with Crippen molar-refractivity contribution < 1.29 is 4.79 Å². The lowest BCUT2D eigenvalue weighted by molar-refractivity contribution is 0.0755. The van der Waals surface area contributed by atoms with Crippen LogP contribution in [0.4, 0.5) is 0 Å². The van der Waals surface area contributed by atoms with Crippen LogP contribution in [-0.4, -0.2) is 27.8 Å². The maximum atomic E-state index is 13.2. The minimum atomic E-state index is 0.0523. The van der Waals surface area contributed by atoms with E-state index in [0.29, 0.717) is 23.8 Å². The summed E-state index contributed by atoms with van der Waals surface area (Å²) in [5, 5.41) is 7.98. The molecule has 3 aliphatic carbocycles. The highest BCUT2D eigenvalue weighted by molar-refractivity contribution is 5.95. The summed E-state index contributed by atoms with van der Waals surface area (Å²) in [6.07, 6.45) is 9.78. The highest BCUT2D eigenvalue weighted by Crippen LogP contribution is 2.43. The van der Waals surface area contributed by atoms with E-state index in [1.54, 1.807) is 6.20 Å². The first-order valence-electron chi connectivity index (χ1n) is 10.4. The Bertz CT molecular complexity index is 812. The lowest BCUT2D eigenvalue weighted by Crippen LogP contribution is -2.53. The summed E-state index contributed by atoms with van der Waals surface area (Å²) in [4.78, 5) is 13.2. The van der Waals surface area contributed by atoms with E-state index in [0.717, 1.165) is 42.6 Å². The third-order valence-corrected chi connectivity index (χ3v) is 6.69. The van der Waals surface area contributed by atoms with Crippen molar-refractivity contribution in [3.05, 3.63) is 47.8 Å². The molecule has 3 aliphatic rings. The molecule has 1 heterocycles. The molecule has 1 aromatic heterocycles. The van der Waals surface area contributed by atoms with Gasteiger partial charge < -0.3 is 11.1 Å². The molecule has 2 unspecified atom stereocenters. The van der Waals surface area contributed by atoms with Crippen molar-refractivity contribution in [1.29, 1.82) is 0 Å². The van der Waals surface area contributed by atoms with Gasteiger partial charge in [0.2, 0.25) is 0 Å². The van der Waals surface area contributed by atoms with E-state index in [2.05, 4.69) is 10.4 Å². The number of nitrogens with two attached hydrogens (primary N) is 1. The summed E-state index contributed by atoms with van der Waals surface area (Å²) < 4.78 is 1.96. The van der Waals surface area contributed by atoms with E-state index in [1.165, 1.54) is 19.3 Å². The molecular weight excluding hydrogens is 336 g/mol. The molecule has 0 radical (unpaired) electrons. The molecule has 0 spiro atoms. The zero-order chi connectivity index (χ0) is 18.4. The Hall–Kier alpha value is -2.14. The summed E-state index contributed by atoms with van der Waals surface area (Å²) in [6.45, 7) is 0. The van der Waals surface area contributed by atoms with Crippen LogP contribution in [0.1, 0.15) is 66.9 Å². The Morgan fingerprint density at radius 3 is 2.44 bits per heavy atom. The molecule has 5 heteroatoms. The topological polar surface area (TPSA) is 72.9 Å². The predicted molar refractivity (Wildman–Crippen MR) is 105 cm³/mol. The molecule has 142 valence electrons. The van der Waals surface area contributed by atoms with Crippen LogP contribution in [0, 0.1) is 11.8 Å². The molecule has 2 bridgehead atoms. The summed E-state index contributed by atoms with van der Waals surface area (Å²) in [5.41, 5.74) is 9.11. The number of rotatable bonds is 4. The van der Waals surface area contributed by atoms with E-state index in [1.807, 2.05) is 35.0 Å². The van der Waals surface area contributed by atoms with Crippen molar-refractivity contribution in [2.75, 3.05) is 0 Å². The van der Waals surface area contributed by atoms with Crippen LogP contribution >= 0.6 is 0 Å². The molecule has 3 fully saturated rings. The Kier molecular flexibility index (Phi) is 4.27. The van der Waals surface area contributed by atoms with Gasteiger partial charge in [-0.2, -0.15) is 5.10 Å². The summed E-state index contributed by atoms with van der Waals surface area (Å²) in [5.74, 6) is 1.57. The largest absolute Gasteiger partial charge is 0.349 e. The van der Waals surface area contributed by atoms with Crippen LogP contribution < -0.4 is 11.1 Å². The van der Waals surface area contributed by atoms with Gasteiger partial charge in [-0.3, -0.25) is 4.79 Å². The van der Waals surface area contributed by atoms with E-state index in [-0.39, 0.29) is 11.9 Å². The lowest BCUT2D eigenvalue weighted by atomic mass is 9.67. The van der Waals surface area contributed by atoms with Crippen molar-refractivity contribution in [2.24, 2.45) is 17.6 Å². The van der Waals surface area contributed by atoms with Crippen LogP contribution in [0.15, 0.2) is 36.5 Å². The van der Waals surface area contributed by atoms with Gasteiger partial charge >= 0.3 is 0 Å². The maximum absolute atomic E-state index is 13.2. The van der Waals surface area contributed by atoms with E-state index < -0.39 is 0 Å². The van der Waals surface area contributed by atoms with Crippen molar-refractivity contribution in [3.8, 4) is 5.69 Å². The Morgan fingerprint density at radius 2 is 1.78 bits per heavy atom. The molecule has 0 saturated heterocycles. The van der Waals surface area contributed by atoms with E-state index in [4.69, 9.17) is 5.73 Å². The molecule has 27 heavy (non-hydrogen) atoms. The normalized spacial score (nSPS) is 30.1. The minimum absolute atomic E-state index is 0.0523. The molecule has 2 atom stereocenters. The van der Waals surface area contributed by atoms with Gasteiger partial charge in [0.15, 0.2) is 0 Å². The van der Waals surface area contributed by atoms with Crippen molar-refractivity contribution >= 4 is 5.91 Å². The number of aromatic nitrogens is 2. The van der Waals surface area contributed by atoms with Gasteiger partial charge in [-0.1, -0.05) is 24.6 Å². The zero-order valence-electron chi connectivity index (χ0n) is 15.7. The van der Waals surface area contributed by atoms with Crippen LogP contribution in [0.5, 0.6) is 0 Å². The predicted octanol–water partition coefficient (Wildman–Crippen LogP) is 3.39. The van der Waals surface area contributed by atoms with Crippen molar-refractivity contribution in [2.45, 2.75) is 62.9 Å². The molecular formula is C22H28N4O. The molecule has 5 nitrogen and oxygen atoms in total. The molecule has 5 rings (SSSR count). The highest BCUT2D eigenvalue weighted by atomic mass is 16.1. The molecule has 1 amide bonds. The first-order chi connectivity index (χ1) is 13.2. The average Bonchev–Trinajstić information content (AvgIpc) is 3.41. The Labute approximate surface area is 160 Å². The first kappa shape index (κ1) is 17.0. The third kappa shape index (κ3) is 3.18. The number of amides is 1. The van der Waals surface area contributed by atoms with Gasteiger partial charge in [-0.15, -0.1) is 0 Å². The SMILES string of the molecule is NC1CC2CCCC(C1)C2NC(=O)c1cnn(-c2ccccc2)c1C1CC1. The lowest BCUT2D eigenvalue weighted by Gasteiger charge is -2.45. The number of para-hydroxylation sites is 1. The molecule has 0 aliphatic heterocycles. The van der Waals surface area contributed by atoms with Gasteiger partial charge in [-0.25, -0.2) is 4.68 Å². The molecule has 3 N–H and O–H groups in total. The number of carbonyl (C=O) groups is 1. The zero-order valence-corrected chi connectivity index (χ0v) is 15.7. The first-order valence-corrected chi connectivity index (χ1v) is 10.4. The van der Waals surface area contributed by atoms with Crippen LogP contribution in [0.2, 0.25) is 0 Å². The fourth-order valence-electron chi connectivity index (χ4n) is 5.31. The number of fused-ring (bicyclic) bond motifs is 2. The highest BCUT2D eigenvalue weighted by Gasteiger charge is 2.41. The summed E-state index contributed by atoms with van der Waals surface area (Å²) in [7, 11) is 0. The van der Waals surface area contributed by atoms with Gasteiger partial charge in [0.05, 0.1) is 23.1 Å². The average molecular weight is 364 g/mol. The number of nitrogens with one attached hydrogen (secondary N) is 1. The fourth-order valence-corrected chi connectivity index (χ4v) is 5.31. The molecule has 3 saturated carbocycles. The Balaban J connectivity index is 1.42. The van der Waals surface area contributed by atoms with Gasteiger partial charge in [0.25, 0.3) is 5.91 Å². The summed E-state index contributed by atoms with van der Waals surface area (Å²) in [6, 6.07) is 10.7. The molecule has 1 aromatic carbocycles. The minimum Gasteiger partial charge on any atom is -0.349 e. The van der Waals surface area contributed by atoms with Crippen LogP contribution in [0.3, 0.4) is 0 Å². The standard InChI is InChI=1S/C22H28N4O/c23-17-11-15-5-4-6-16(12-17)20(15)25-22(27)19-13-24-26(21(19)14-9-10-14)18-7-2-1-3-8-18/h1-3,7-8,13-17,20H,4-6,9-12,23H2,(H,25,27). The second-order valence-electron chi connectivity index (χ2n) is 8.65. The number of hydrogen-bond acceptors (Lipinski definition) is 3. The smallest absolute Gasteiger partial charge is 0.255 e. The van der Waals surface area contributed by atoms with Crippen LogP contribution in [0.25, 0.3) is 5.69 Å². The van der Waals surface area contributed by atoms with E-state index in [9.17, 15) is 4.79 Å². The quantitative estimate of drug-likeness (QED) is 0.873. The van der Waals surface area contributed by atoms with Crippen LogP contribution in [-0.2, 0) is 0 Å². The fraction of sp³-hybridized carbons (Fsp3) is 0.545. The number of hydrogen-bond donors (Lipinski definition) is 2. The van der Waals surface area contributed by atoms with Gasteiger partial charge in [0, 0.05) is 18.0 Å². The summed E-state index contributed by atoms with van der Waals surface area (Å²) >= 11 is 0. The second kappa shape index (κ2) is 6.79. The second-order valence-corrected chi connectivity index (χ2v) is 8.65. The number of benzene rings is 1. The van der Waals surface area contributed by atoms with Gasteiger partial charge in [-0.05, 0) is 62.5 Å². The van der Waals surface area contributed by atoms with Gasteiger partial charge in [0.1, 0.15) is 0 Å². The molecule has 2 aromatic rings.